The fourth-order valence-corrected chi connectivity index (χ4v) is 3.88. The van der Waals surface area contributed by atoms with Crippen LogP contribution in [0.15, 0.2) is 41.1 Å². The lowest BCUT2D eigenvalue weighted by Crippen LogP contribution is -2.39. The Labute approximate surface area is 187 Å². The Balaban J connectivity index is 1.41. The first-order valence-corrected chi connectivity index (χ1v) is 10.6. The van der Waals surface area contributed by atoms with Crippen molar-refractivity contribution >= 4 is 0 Å². The summed E-state index contributed by atoms with van der Waals surface area (Å²) in [6.07, 6.45) is 4.02. The molecule has 1 aliphatic rings. The molecule has 4 rings (SSSR count). The molecule has 1 aromatic carbocycles. The molecule has 0 amide bonds. The first kappa shape index (κ1) is 22.0. The SMILES string of the molecule is COc1ccc(-c2noc(CN3CCCC(OCc4ccccn4)C3)n2)c(OC)c1OC. The van der Waals surface area contributed by atoms with Gasteiger partial charge in [-0.25, -0.2) is 0 Å². The van der Waals surface area contributed by atoms with Gasteiger partial charge in [0, 0.05) is 12.7 Å². The maximum Gasteiger partial charge on any atom is 0.241 e. The first-order valence-electron chi connectivity index (χ1n) is 10.6. The third-order valence-electron chi connectivity index (χ3n) is 5.43. The minimum atomic E-state index is 0.152. The van der Waals surface area contributed by atoms with Gasteiger partial charge in [0.2, 0.25) is 17.5 Å². The standard InChI is InChI=1S/C23H28N4O5/c1-28-19-10-9-18(21(29-2)22(19)30-3)23-25-20(32-26-23)14-27-12-6-8-17(13-27)31-15-16-7-4-5-11-24-16/h4-5,7,9-11,17H,6,8,12-15H2,1-3H3. The van der Waals surface area contributed by atoms with Crippen LogP contribution in [0.4, 0.5) is 0 Å². The second-order valence-electron chi connectivity index (χ2n) is 7.53. The quantitative estimate of drug-likeness (QED) is 0.497. The van der Waals surface area contributed by atoms with Crippen molar-refractivity contribution in [2.24, 2.45) is 0 Å². The minimum absolute atomic E-state index is 0.152. The lowest BCUT2D eigenvalue weighted by atomic mass is 10.1. The maximum absolute atomic E-state index is 6.08. The van der Waals surface area contributed by atoms with E-state index >= 15 is 0 Å². The van der Waals surface area contributed by atoms with Gasteiger partial charge in [0.15, 0.2) is 11.5 Å². The molecule has 1 aliphatic heterocycles. The predicted octanol–water partition coefficient (Wildman–Crippen LogP) is 3.34. The van der Waals surface area contributed by atoms with E-state index in [9.17, 15) is 0 Å². The highest BCUT2D eigenvalue weighted by Gasteiger charge is 2.24. The van der Waals surface area contributed by atoms with Crippen LogP contribution < -0.4 is 14.2 Å². The van der Waals surface area contributed by atoms with Gasteiger partial charge in [0.25, 0.3) is 0 Å². The van der Waals surface area contributed by atoms with Gasteiger partial charge in [-0.2, -0.15) is 4.98 Å². The molecule has 0 radical (unpaired) electrons. The van der Waals surface area contributed by atoms with E-state index in [0.717, 1.165) is 31.6 Å². The summed E-state index contributed by atoms with van der Waals surface area (Å²) < 4.78 is 27.9. The average Bonchev–Trinajstić information content (AvgIpc) is 3.30. The fraction of sp³-hybridized carbons (Fsp3) is 0.435. The molecular formula is C23H28N4O5. The number of rotatable bonds is 9. The molecule has 0 saturated carbocycles. The Morgan fingerprint density at radius 1 is 1.06 bits per heavy atom. The van der Waals surface area contributed by atoms with Gasteiger partial charge in [-0.1, -0.05) is 11.2 Å². The summed E-state index contributed by atoms with van der Waals surface area (Å²) in [5.74, 6) is 2.55. The molecule has 1 unspecified atom stereocenters. The van der Waals surface area contributed by atoms with E-state index in [4.69, 9.17) is 23.5 Å². The molecule has 3 heterocycles. The Kier molecular flexibility index (Phi) is 7.18. The van der Waals surface area contributed by atoms with Crippen molar-refractivity contribution in [2.75, 3.05) is 34.4 Å². The molecule has 0 spiro atoms. The van der Waals surface area contributed by atoms with Crippen LogP contribution >= 0.6 is 0 Å². The van der Waals surface area contributed by atoms with Gasteiger partial charge >= 0.3 is 0 Å². The van der Waals surface area contributed by atoms with Crippen molar-refractivity contribution in [2.45, 2.75) is 32.1 Å². The van der Waals surface area contributed by atoms with E-state index < -0.39 is 0 Å². The van der Waals surface area contributed by atoms with E-state index in [1.54, 1.807) is 33.6 Å². The van der Waals surface area contributed by atoms with Crippen LogP contribution in [0.2, 0.25) is 0 Å². The molecule has 1 atom stereocenters. The van der Waals surface area contributed by atoms with Crippen LogP contribution in [0.25, 0.3) is 11.4 Å². The second kappa shape index (κ2) is 10.4. The van der Waals surface area contributed by atoms with Crippen molar-refractivity contribution in [3.8, 4) is 28.6 Å². The Morgan fingerprint density at radius 3 is 2.69 bits per heavy atom. The Morgan fingerprint density at radius 2 is 1.94 bits per heavy atom. The van der Waals surface area contributed by atoms with Crippen molar-refractivity contribution in [3.63, 3.8) is 0 Å². The summed E-state index contributed by atoms with van der Waals surface area (Å²) in [6.45, 7) is 2.85. The fourth-order valence-electron chi connectivity index (χ4n) is 3.88. The van der Waals surface area contributed by atoms with Crippen LogP contribution in [0.3, 0.4) is 0 Å². The monoisotopic (exact) mass is 440 g/mol. The molecule has 2 aromatic heterocycles. The van der Waals surface area contributed by atoms with Gasteiger partial charge < -0.3 is 23.5 Å². The molecule has 0 N–H and O–H groups in total. The van der Waals surface area contributed by atoms with Gasteiger partial charge in [-0.3, -0.25) is 9.88 Å². The second-order valence-corrected chi connectivity index (χ2v) is 7.53. The molecular weight excluding hydrogens is 412 g/mol. The van der Waals surface area contributed by atoms with Crippen molar-refractivity contribution in [1.82, 2.24) is 20.0 Å². The minimum Gasteiger partial charge on any atom is -0.493 e. The van der Waals surface area contributed by atoms with Gasteiger partial charge in [-0.15, -0.1) is 0 Å². The van der Waals surface area contributed by atoms with Gasteiger partial charge in [-0.05, 0) is 43.7 Å². The van der Waals surface area contributed by atoms with E-state index in [1.165, 1.54) is 0 Å². The van der Waals surface area contributed by atoms with Gasteiger partial charge in [0.05, 0.1) is 51.8 Å². The number of aromatic nitrogens is 3. The number of hydrogen-bond donors (Lipinski definition) is 0. The summed E-state index contributed by atoms with van der Waals surface area (Å²) in [4.78, 5) is 11.2. The zero-order valence-electron chi connectivity index (χ0n) is 18.6. The van der Waals surface area contributed by atoms with Crippen LogP contribution in [0.5, 0.6) is 17.2 Å². The van der Waals surface area contributed by atoms with Crippen molar-refractivity contribution < 1.29 is 23.5 Å². The molecule has 1 fully saturated rings. The first-order chi connectivity index (χ1) is 15.7. The highest BCUT2D eigenvalue weighted by atomic mass is 16.5. The van der Waals surface area contributed by atoms with E-state index in [2.05, 4.69) is 20.0 Å². The average molecular weight is 441 g/mol. The number of piperidine rings is 1. The molecule has 32 heavy (non-hydrogen) atoms. The largest absolute Gasteiger partial charge is 0.493 e. The lowest BCUT2D eigenvalue weighted by molar-refractivity contribution is -0.0153. The van der Waals surface area contributed by atoms with E-state index in [1.807, 2.05) is 24.3 Å². The highest BCUT2D eigenvalue weighted by molar-refractivity contribution is 5.71. The number of pyridine rings is 1. The molecule has 0 bridgehead atoms. The van der Waals surface area contributed by atoms with Crippen molar-refractivity contribution in [1.29, 1.82) is 0 Å². The molecule has 1 saturated heterocycles. The summed E-state index contributed by atoms with van der Waals surface area (Å²) in [6, 6.07) is 9.47. The Bertz CT molecular complexity index is 1010. The highest BCUT2D eigenvalue weighted by Crippen LogP contribution is 2.43. The lowest BCUT2D eigenvalue weighted by Gasteiger charge is -2.31. The number of methoxy groups -OCH3 is 3. The topological polar surface area (TPSA) is 92.0 Å². The zero-order chi connectivity index (χ0) is 22.3. The zero-order valence-corrected chi connectivity index (χ0v) is 18.6. The summed E-state index contributed by atoms with van der Waals surface area (Å²) in [7, 11) is 4.71. The molecule has 3 aromatic rings. The number of ether oxygens (including phenoxy) is 4. The molecule has 0 aliphatic carbocycles. The predicted molar refractivity (Wildman–Crippen MR) is 117 cm³/mol. The van der Waals surface area contributed by atoms with E-state index in [0.29, 0.717) is 47.7 Å². The van der Waals surface area contributed by atoms with Gasteiger partial charge in [0.1, 0.15) is 0 Å². The van der Waals surface area contributed by atoms with E-state index in [-0.39, 0.29) is 6.10 Å². The summed E-state index contributed by atoms with van der Waals surface area (Å²) >= 11 is 0. The number of hydrogen-bond acceptors (Lipinski definition) is 9. The third kappa shape index (κ3) is 5.00. The smallest absolute Gasteiger partial charge is 0.241 e. The van der Waals surface area contributed by atoms with Crippen LogP contribution in [-0.2, 0) is 17.9 Å². The number of benzene rings is 1. The summed E-state index contributed by atoms with van der Waals surface area (Å²) in [5, 5.41) is 4.16. The van der Waals surface area contributed by atoms with Crippen LogP contribution in [-0.4, -0.2) is 60.5 Å². The molecule has 170 valence electrons. The number of nitrogens with zero attached hydrogens (tertiary/aromatic N) is 4. The number of likely N-dealkylation sites (tertiary alicyclic amines) is 1. The summed E-state index contributed by atoms with van der Waals surface area (Å²) in [5.41, 5.74) is 1.62. The third-order valence-corrected chi connectivity index (χ3v) is 5.43. The molecule has 9 heteroatoms. The molecule has 9 nitrogen and oxygen atoms in total. The van der Waals surface area contributed by atoms with Crippen LogP contribution in [0, 0.1) is 0 Å². The van der Waals surface area contributed by atoms with Crippen molar-refractivity contribution in [3.05, 3.63) is 48.1 Å². The van der Waals surface area contributed by atoms with Crippen LogP contribution in [0.1, 0.15) is 24.4 Å². The maximum atomic E-state index is 6.08. The Hall–Kier alpha value is -3.17. The normalized spacial score (nSPS) is 16.7.